The van der Waals surface area contributed by atoms with Crippen molar-refractivity contribution >= 4 is 34.2 Å². The summed E-state index contributed by atoms with van der Waals surface area (Å²) in [4.78, 5) is 18.4. The molecule has 5 nitrogen and oxygen atoms in total. The molecule has 3 aromatic rings. The molecular weight excluding hydrogens is 615 g/mol. The fourth-order valence-corrected chi connectivity index (χ4v) is 5.84. The minimum Gasteiger partial charge on any atom is -0.370 e. The van der Waals surface area contributed by atoms with Crippen LogP contribution in [-0.4, -0.2) is 40.9 Å². The molecule has 1 aliphatic heterocycles. The van der Waals surface area contributed by atoms with Gasteiger partial charge in [-0.1, -0.05) is 23.7 Å². The lowest BCUT2D eigenvalue weighted by atomic mass is 9.96. The van der Waals surface area contributed by atoms with E-state index in [2.05, 4.69) is 10.3 Å². The van der Waals surface area contributed by atoms with Gasteiger partial charge in [-0.25, -0.2) is 4.98 Å². The first-order valence-electron chi connectivity index (χ1n) is 13.4. The lowest BCUT2D eigenvalue weighted by Gasteiger charge is -2.34. The molecule has 1 N–H and O–H groups in total. The molecule has 0 unspecified atom stereocenters. The Bertz CT molecular complexity index is 1530. The maximum atomic E-state index is 13.9. The van der Waals surface area contributed by atoms with E-state index in [0.717, 1.165) is 12.1 Å². The number of aromatic nitrogens is 2. The zero-order valence-electron chi connectivity index (χ0n) is 22.7. The Morgan fingerprint density at radius 2 is 1.67 bits per heavy atom. The normalized spacial score (nSPS) is 17.9. The highest BCUT2D eigenvalue weighted by atomic mass is 35.5. The van der Waals surface area contributed by atoms with Crippen molar-refractivity contribution in [2.45, 2.75) is 57.2 Å². The summed E-state index contributed by atoms with van der Waals surface area (Å²) in [6.45, 7) is -0.140. The quantitative estimate of drug-likeness (QED) is 0.283. The van der Waals surface area contributed by atoms with Crippen molar-refractivity contribution < 1.29 is 44.3 Å². The maximum Gasteiger partial charge on any atom is 0.416 e. The molecular formula is C28H26ClF9N4O. The summed E-state index contributed by atoms with van der Waals surface area (Å²) in [5, 5.41) is 2.44. The van der Waals surface area contributed by atoms with Crippen molar-refractivity contribution in [3.05, 3.63) is 57.9 Å². The third-order valence-corrected chi connectivity index (χ3v) is 8.65. The highest BCUT2D eigenvalue weighted by Crippen LogP contribution is 2.57. The van der Waals surface area contributed by atoms with Crippen LogP contribution in [0.4, 0.5) is 45.2 Å². The number of carbonyl (C=O) groups is 1. The Balaban J connectivity index is 1.39. The number of amides is 1. The molecule has 1 aromatic heterocycles. The fraction of sp³-hybridized carbons (Fsp3) is 0.500. The first kappa shape index (κ1) is 31.3. The summed E-state index contributed by atoms with van der Waals surface area (Å²) >= 11 is 6.45. The lowest BCUT2D eigenvalue weighted by molar-refractivity contribution is -0.192. The minimum atomic E-state index is -4.74. The molecule has 2 aliphatic rings. The molecule has 0 atom stereocenters. The van der Waals surface area contributed by atoms with Crippen LogP contribution in [0.1, 0.15) is 48.2 Å². The second kappa shape index (κ2) is 10.8. The molecule has 2 heterocycles. The van der Waals surface area contributed by atoms with Crippen molar-refractivity contribution in [2.75, 3.05) is 18.0 Å². The molecule has 1 saturated carbocycles. The molecule has 15 heteroatoms. The minimum absolute atomic E-state index is 0.0945. The van der Waals surface area contributed by atoms with Gasteiger partial charge in [0.05, 0.1) is 33.2 Å². The number of rotatable bonds is 6. The maximum absolute atomic E-state index is 13.9. The molecule has 43 heavy (non-hydrogen) atoms. The summed E-state index contributed by atoms with van der Waals surface area (Å²) in [7, 11) is 1.59. The summed E-state index contributed by atoms with van der Waals surface area (Å²) in [5.41, 5.74) is -2.07. The van der Waals surface area contributed by atoms with Crippen LogP contribution in [-0.2, 0) is 31.0 Å². The van der Waals surface area contributed by atoms with E-state index in [1.807, 2.05) is 0 Å². The monoisotopic (exact) mass is 640 g/mol. The van der Waals surface area contributed by atoms with Crippen molar-refractivity contribution in [1.82, 2.24) is 14.9 Å². The number of hydrogen-bond donors (Lipinski definition) is 1. The van der Waals surface area contributed by atoms with Crippen molar-refractivity contribution in [1.29, 1.82) is 0 Å². The SMILES string of the molecule is Cn1c(Cc2cc(CNC(=O)C3(C(F)(F)F)CC3)ccc2C(F)(F)F)nc2cc(Cl)c(N3CCC(C(F)(F)F)CC3)cc21. The predicted octanol–water partition coefficient (Wildman–Crippen LogP) is 7.57. The first-order valence-corrected chi connectivity index (χ1v) is 13.8. The average molecular weight is 641 g/mol. The van der Waals surface area contributed by atoms with Crippen LogP contribution in [0.25, 0.3) is 11.0 Å². The first-order chi connectivity index (χ1) is 19.9. The van der Waals surface area contributed by atoms with Gasteiger partial charge in [-0.05, 0) is 55.0 Å². The van der Waals surface area contributed by atoms with E-state index in [4.69, 9.17) is 11.6 Å². The Morgan fingerprint density at radius 1 is 1.02 bits per heavy atom. The average Bonchev–Trinajstić information content (AvgIpc) is 3.68. The van der Waals surface area contributed by atoms with Gasteiger partial charge in [0, 0.05) is 33.1 Å². The van der Waals surface area contributed by atoms with E-state index in [9.17, 15) is 44.3 Å². The van der Waals surface area contributed by atoms with Crippen LogP contribution in [0.3, 0.4) is 0 Å². The van der Waals surface area contributed by atoms with E-state index < -0.39 is 47.9 Å². The van der Waals surface area contributed by atoms with Gasteiger partial charge in [0.25, 0.3) is 0 Å². The number of anilines is 1. The van der Waals surface area contributed by atoms with Crippen LogP contribution in [0.5, 0.6) is 0 Å². The number of alkyl halides is 9. The number of fused-ring (bicyclic) bond motifs is 1. The van der Waals surface area contributed by atoms with Crippen molar-refractivity contribution in [3.63, 3.8) is 0 Å². The number of imidazole rings is 1. The highest BCUT2D eigenvalue weighted by molar-refractivity contribution is 6.34. The molecule has 0 bridgehead atoms. The van der Waals surface area contributed by atoms with Crippen LogP contribution in [0.15, 0.2) is 30.3 Å². The van der Waals surface area contributed by atoms with Crippen LogP contribution < -0.4 is 10.2 Å². The second-order valence-corrected chi connectivity index (χ2v) is 11.5. The van der Waals surface area contributed by atoms with E-state index in [0.29, 0.717) is 16.7 Å². The third kappa shape index (κ3) is 6.12. The standard InChI is InChI=1S/C28H26ClF9N4O/c1-41-22-13-21(42-8-4-17(5-9-42)26(30,31)32)19(29)12-20(22)40-23(41)11-16-10-15(2-3-18(16)27(33,34)35)14-39-24(43)25(6-7-25)28(36,37)38/h2-3,10,12-13,17H,4-9,11,14H2,1H3,(H,39,43). The van der Waals surface area contributed by atoms with Gasteiger partial charge in [-0.2, -0.15) is 39.5 Å². The zero-order chi connectivity index (χ0) is 31.5. The largest absolute Gasteiger partial charge is 0.416 e. The van der Waals surface area contributed by atoms with Crippen molar-refractivity contribution in [2.24, 2.45) is 18.4 Å². The number of nitrogens with one attached hydrogen (secondary N) is 1. The van der Waals surface area contributed by atoms with Crippen LogP contribution >= 0.6 is 11.6 Å². The van der Waals surface area contributed by atoms with Crippen LogP contribution in [0.2, 0.25) is 5.02 Å². The van der Waals surface area contributed by atoms with Crippen molar-refractivity contribution in [3.8, 4) is 0 Å². The molecule has 1 amide bonds. The predicted molar refractivity (Wildman–Crippen MR) is 141 cm³/mol. The van der Waals surface area contributed by atoms with E-state index >= 15 is 0 Å². The number of piperidine rings is 1. The molecule has 0 spiro atoms. The fourth-order valence-electron chi connectivity index (χ4n) is 5.57. The van der Waals surface area contributed by atoms with Gasteiger partial charge in [0.1, 0.15) is 11.2 Å². The number of halogens is 10. The van der Waals surface area contributed by atoms with E-state index in [1.165, 1.54) is 12.1 Å². The highest BCUT2D eigenvalue weighted by Gasteiger charge is 2.68. The number of carbonyl (C=O) groups excluding carboxylic acids is 1. The van der Waals surface area contributed by atoms with E-state index in [1.54, 1.807) is 22.6 Å². The van der Waals surface area contributed by atoms with Gasteiger partial charge in [-0.3, -0.25) is 4.79 Å². The number of benzene rings is 2. The number of aryl methyl sites for hydroxylation is 1. The second-order valence-electron chi connectivity index (χ2n) is 11.1. The van der Waals surface area contributed by atoms with Crippen LogP contribution in [0, 0.1) is 11.3 Å². The van der Waals surface area contributed by atoms with E-state index in [-0.39, 0.29) is 67.2 Å². The Kier molecular flexibility index (Phi) is 7.84. The topological polar surface area (TPSA) is 50.2 Å². The summed E-state index contributed by atoms with van der Waals surface area (Å²) in [5.74, 6) is -2.40. The van der Waals surface area contributed by atoms with Gasteiger partial charge in [-0.15, -0.1) is 0 Å². The Morgan fingerprint density at radius 3 is 2.23 bits per heavy atom. The lowest BCUT2D eigenvalue weighted by Crippen LogP contribution is -2.40. The smallest absolute Gasteiger partial charge is 0.370 e. The van der Waals surface area contributed by atoms with Gasteiger partial charge < -0.3 is 14.8 Å². The molecule has 2 aromatic carbocycles. The van der Waals surface area contributed by atoms with Gasteiger partial charge in [0.15, 0.2) is 0 Å². The van der Waals surface area contributed by atoms with Gasteiger partial charge in [0.2, 0.25) is 5.91 Å². The number of nitrogens with zero attached hydrogens (tertiary/aromatic N) is 3. The Hall–Kier alpha value is -3.16. The molecule has 0 radical (unpaired) electrons. The Labute approximate surface area is 245 Å². The molecule has 234 valence electrons. The summed E-state index contributed by atoms with van der Waals surface area (Å²) in [6.07, 6.45) is -14.9. The summed E-state index contributed by atoms with van der Waals surface area (Å²) < 4.78 is 122. The molecule has 1 saturated heterocycles. The third-order valence-electron chi connectivity index (χ3n) is 8.34. The molecule has 5 rings (SSSR count). The van der Waals surface area contributed by atoms with Gasteiger partial charge >= 0.3 is 18.5 Å². The number of hydrogen-bond acceptors (Lipinski definition) is 3. The zero-order valence-corrected chi connectivity index (χ0v) is 23.4. The summed E-state index contributed by atoms with van der Waals surface area (Å²) in [6, 6.07) is 6.25. The molecule has 1 aliphatic carbocycles. The molecule has 2 fully saturated rings.